The Morgan fingerprint density at radius 3 is 1.17 bits per heavy atom. The van der Waals surface area contributed by atoms with Crippen LogP contribution in [0, 0.1) is 0 Å². The number of rotatable bonds is 5. The number of hydrogen-bond acceptors (Lipinski definition) is 2. The van der Waals surface area contributed by atoms with Gasteiger partial charge in [0, 0.05) is 35.3 Å². The summed E-state index contributed by atoms with van der Waals surface area (Å²) in [6, 6.07) is 90.4. The largest absolute Gasteiger partial charge is 0.135 e. The third-order valence-corrected chi connectivity index (χ3v) is 17.1. The monoisotopic (exact) mass is 920 g/mol. The van der Waals surface area contributed by atoms with Gasteiger partial charge in [0.05, 0.1) is 0 Å². The van der Waals surface area contributed by atoms with E-state index in [1.54, 1.807) is 0 Å². The summed E-state index contributed by atoms with van der Waals surface area (Å²) in [5.74, 6) is 0. The smallest absolute Gasteiger partial charge is 0.0368 e. The van der Waals surface area contributed by atoms with Crippen molar-refractivity contribution in [2.45, 2.75) is 9.79 Å². The molecule has 0 atom stereocenters. The van der Waals surface area contributed by atoms with Gasteiger partial charge in [0.15, 0.2) is 0 Å². The fourth-order valence-corrected chi connectivity index (χ4v) is 14.2. The Bertz CT molecular complexity index is 4350. The van der Waals surface area contributed by atoms with Crippen LogP contribution in [-0.2, 0) is 0 Å². The molecule has 0 bridgehead atoms. The zero-order chi connectivity index (χ0) is 45.9. The third kappa shape index (κ3) is 5.97. The van der Waals surface area contributed by atoms with Crippen molar-refractivity contribution < 1.29 is 0 Å². The van der Waals surface area contributed by atoms with E-state index < -0.39 is 0 Å². The normalized spacial score (nSPS) is 12.2. The topological polar surface area (TPSA) is 0 Å². The minimum Gasteiger partial charge on any atom is -0.135 e. The second-order valence-electron chi connectivity index (χ2n) is 18.6. The quantitative estimate of drug-likeness (QED) is 0.155. The van der Waals surface area contributed by atoms with Crippen molar-refractivity contribution in [1.29, 1.82) is 0 Å². The highest BCUT2D eigenvalue weighted by atomic mass is 32.2. The van der Waals surface area contributed by atoms with E-state index in [9.17, 15) is 0 Å². The summed E-state index contributed by atoms with van der Waals surface area (Å²) in [5.41, 5.74) is 15.2. The first kappa shape index (κ1) is 39.7. The molecule has 0 unspecified atom stereocenters. The first-order valence-corrected chi connectivity index (χ1v) is 25.7. The molecule has 2 heterocycles. The van der Waals surface area contributed by atoms with E-state index in [0.717, 1.165) is 0 Å². The van der Waals surface area contributed by atoms with Gasteiger partial charge in [-0.1, -0.05) is 230 Å². The van der Waals surface area contributed by atoms with Gasteiger partial charge >= 0.3 is 0 Å². The zero-order valence-electron chi connectivity index (χ0n) is 37.9. The van der Waals surface area contributed by atoms with Crippen LogP contribution in [0.3, 0.4) is 0 Å². The molecule has 1 aromatic heterocycles. The maximum absolute atomic E-state index is 2.48. The van der Waals surface area contributed by atoms with Crippen LogP contribution in [0.4, 0.5) is 0 Å². The van der Waals surface area contributed by atoms with Crippen molar-refractivity contribution in [3.63, 3.8) is 0 Å². The molecule has 0 saturated carbocycles. The first-order valence-electron chi connectivity index (χ1n) is 24.1. The van der Waals surface area contributed by atoms with Crippen molar-refractivity contribution in [2.24, 2.45) is 0 Å². The lowest BCUT2D eigenvalue weighted by molar-refractivity contribution is 1.40. The van der Waals surface area contributed by atoms with Crippen LogP contribution >= 0.6 is 23.1 Å². The third-order valence-electron chi connectivity index (χ3n) is 14.8. The summed E-state index contributed by atoms with van der Waals surface area (Å²) in [6.07, 6.45) is 0. The summed E-state index contributed by atoms with van der Waals surface area (Å²) in [4.78, 5) is 2.62. The number of benzene rings is 13. The van der Waals surface area contributed by atoms with Crippen LogP contribution in [0.1, 0.15) is 0 Å². The molecule has 0 nitrogen and oxygen atoms in total. The van der Waals surface area contributed by atoms with Gasteiger partial charge in [0.1, 0.15) is 0 Å². The second kappa shape index (κ2) is 15.6. The molecule has 70 heavy (non-hydrogen) atoms. The lowest BCUT2D eigenvalue weighted by Gasteiger charge is -2.23. The lowest BCUT2D eigenvalue weighted by Crippen LogP contribution is -1.95. The van der Waals surface area contributed by atoms with Gasteiger partial charge in [-0.2, -0.15) is 0 Å². The maximum atomic E-state index is 2.48. The van der Waals surface area contributed by atoms with Gasteiger partial charge in [-0.15, -0.1) is 11.3 Å². The Hall–Kier alpha value is -8.27. The molecule has 0 spiro atoms. The van der Waals surface area contributed by atoms with Gasteiger partial charge in [-0.25, -0.2) is 0 Å². The molecule has 1 aliphatic rings. The zero-order valence-corrected chi connectivity index (χ0v) is 39.5. The summed E-state index contributed by atoms with van der Waals surface area (Å²) in [5, 5.41) is 15.6. The van der Waals surface area contributed by atoms with E-state index in [-0.39, 0.29) is 0 Å². The standard InChI is InChI=1S/C68H40S2/c1-3-16-42(17-4-1)63-48-20-7-9-22-50(48)65(51-23-10-8-21-49(51)63)44-32-30-41(31-33-44)45-34-37-56-61(38-45)70-62-40-58-47-36-35-46(39-60(47)69-59-29-15-28-57(67(56)62)68(58)59)66-54-26-13-11-24-52(54)64(43-18-5-2-6-19-43)53-25-12-14-27-55(53)66/h1-40H. The molecule has 0 radical (unpaired) electrons. The summed E-state index contributed by atoms with van der Waals surface area (Å²) < 4.78 is 2.64. The van der Waals surface area contributed by atoms with Crippen molar-refractivity contribution in [1.82, 2.24) is 0 Å². The molecule has 1 aliphatic heterocycles. The van der Waals surface area contributed by atoms with E-state index in [1.807, 2.05) is 23.1 Å². The van der Waals surface area contributed by atoms with E-state index >= 15 is 0 Å². The van der Waals surface area contributed by atoms with Crippen molar-refractivity contribution in [2.75, 3.05) is 0 Å². The van der Waals surface area contributed by atoms with Crippen molar-refractivity contribution >= 4 is 97.1 Å². The predicted molar refractivity (Wildman–Crippen MR) is 304 cm³/mol. The lowest BCUT2D eigenvalue weighted by atomic mass is 9.85. The van der Waals surface area contributed by atoms with Crippen LogP contribution in [0.2, 0.25) is 0 Å². The Kier molecular flexibility index (Phi) is 8.87. The van der Waals surface area contributed by atoms with Crippen LogP contribution in [-0.4, -0.2) is 0 Å². The van der Waals surface area contributed by atoms with Crippen LogP contribution in [0.15, 0.2) is 252 Å². The van der Waals surface area contributed by atoms with Gasteiger partial charge in [0.2, 0.25) is 0 Å². The Labute approximate surface area is 413 Å². The summed E-state index contributed by atoms with van der Waals surface area (Å²) >= 11 is 3.83. The van der Waals surface area contributed by atoms with Gasteiger partial charge in [-0.3, -0.25) is 0 Å². The van der Waals surface area contributed by atoms with Gasteiger partial charge < -0.3 is 0 Å². The minimum atomic E-state index is 1.22. The molecule has 0 N–H and O–H groups in total. The highest BCUT2D eigenvalue weighted by Gasteiger charge is 2.25. The van der Waals surface area contributed by atoms with Gasteiger partial charge in [0.25, 0.3) is 0 Å². The minimum absolute atomic E-state index is 1.22. The molecule has 0 amide bonds. The number of fused-ring (bicyclic) bond motifs is 10. The molecule has 324 valence electrons. The molecule has 15 rings (SSSR count). The molecule has 0 fully saturated rings. The fourth-order valence-electron chi connectivity index (χ4n) is 11.8. The Balaban J connectivity index is 0.833. The maximum Gasteiger partial charge on any atom is 0.0368 e. The van der Waals surface area contributed by atoms with Crippen LogP contribution in [0.5, 0.6) is 0 Å². The SMILES string of the molecule is c1ccc(-c2c3ccccc3c(-c3ccc(-c4ccc5c(c4)sc4cc6c7c(cccc7c45)Sc4cc(-c5c7ccccc7c(-c7ccccc7)c7ccccc57)ccc4-6)cc3)c3ccccc23)cc1. The number of hydrogen-bond donors (Lipinski definition) is 0. The molecule has 2 heteroatoms. The van der Waals surface area contributed by atoms with E-state index in [2.05, 4.69) is 243 Å². The summed E-state index contributed by atoms with van der Waals surface area (Å²) in [7, 11) is 0. The van der Waals surface area contributed by atoms with Crippen LogP contribution in [0.25, 0.3) is 141 Å². The molecule has 14 aromatic rings. The average Bonchev–Trinajstić information content (AvgIpc) is 3.80. The Morgan fingerprint density at radius 1 is 0.214 bits per heavy atom. The highest BCUT2D eigenvalue weighted by Crippen LogP contribution is 2.54. The Morgan fingerprint density at radius 2 is 0.643 bits per heavy atom. The van der Waals surface area contributed by atoms with Gasteiger partial charge in [-0.05, 0) is 140 Å². The van der Waals surface area contributed by atoms with E-state index in [4.69, 9.17) is 0 Å². The summed E-state index contributed by atoms with van der Waals surface area (Å²) in [6.45, 7) is 0. The van der Waals surface area contributed by atoms with E-state index in [1.165, 1.54) is 151 Å². The first-order chi connectivity index (χ1) is 34.7. The highest BCUT2D eigenvalue weighted by molar-refractivity contribution is 7.99. The van der Waals surface area contributed by atoms with Crippen molar-refractivity contribution in [3.8, 4) is 66.8 Å². The average molecular weight is 921 g/mol. The molecule has 13 aromatic carbocycles. The number of thiophene rings is 1. The van der Waals surface area contributed by atoms with Crippen molar-refractivity contribution in [3.05, 3.63) is 243 Å². The molecule has 0 saturated heterocycles. The molecule has 0 aliphatic carbocycles. The fraction of sp³-hybridized carbons (Fsp3) is 0. The van der Waals surface area contributed by atoms with Crippen LogP contribution < -0.4 is 0 Å². The second-order valence-corrected chi connectivity index (χ2v) is 20.8. The van der Waals surface area contributed by atoms with E-state index in [0.29, 0.717) is 0 Å². The molecular weight excluding hydrogens is 881 g/mol. The molecular formula is C68H40S2. The predicted octanol–water partition coefficient (Wildman–Crippen LogP) is 20.3.